The Morgan fingerprint density at radius 2 is 1.87 bits per heavy atom. The first-order chi connectivity index (χ1) is 14.6. The summed E-state index contributed by atoms with van der Waals surface area (Å²) >= 11 is 5.88. The first-order valence-corrected chi connectivity index (χ1v) is 9.67. The summed E-state index contributed by atoms with van der Waals surface area (Å²) in [4.78, 5) is 12.1. The third kappa shape index (κ3) is 4.48. The van der Waals surface area contributed by atoms with E-state index in [2.05, 4.69) is 0 Å². The van der Waals surface area contributed by atoms with Crippen LogP contribution in [-0.4, -0.2) is 26.0 Å². The molecular weight excluding hydrogens is 406 g/mol. The van der Waals surface area contributed by atoms with Gasteiger partial charge in [-0.2, -0.15) is 5.26 Å². The van der Waals surface area contributed by atoms with Gasteiger partial charge in [-0.1, -0.05) is 41.9 Å². The van der Waals surface area contributed by atoms with E-state index in [1.165, 1.54) is 0 Å². The Kier molecular flexibility index (Phi) is 5.75. The second-order valence-corrected chi connectivity index (χ2v) is 7.24. The monoisotopic (exact) mass is 423 g/mol. The highest BCUT2D eigenvalue weighted by Crippen LogP contribution is 2.39. The summed E-state index contributed by atoms with van der Waals surface area (Å²) in [5.74, 6) is 0.742. The molecule has 0 saturated carbocycles. The van der Waals surface area contributed by atoms with Crippen molar-refractivity contribution in [2.45, 2.75) is 18.3 Å². The largest absolute Gasteiger partial charge is 0.510 e. The highest BCUT2D eigenvalue weighted by molar-refractivity contribution is 6.30. The Hall–Kier alpha value is -3.27. The molecule has 0 aromatic heterocycles. The number of hydrogen-bond donors (Lipinski definition) is 0. The average molecular weight is 424 g/mol. The second kappa shape index (κ2) is 8.62. The summed E-state index contributed by atoms with van der Waals surface area (Å²) in [6.45, 7) is 0.0434. The molecule has 3 unspecified atom stereocenters. The van der Waals surface area contributed by atoms with E-state index < -0.39 is 12.3 Å². The van der Waals surface area contributed by atoms with Gasteiger partial charge < -0.3 is 18.9 Å². The van der Waals surface area contributed by atoms with Crippen LogP contribution in [0, 0.1) is 11.3 Å². The Bertz CT molecular complexity index is 1110. The number of fused-ring (bicyclic) bond motifs is 1. The number of epoxide rings is 1. The summed E-state index contributed by atoms with van der Waals surface area (Å²) in [5.41, 5.74) is 1.53. The molecule has 3 atom stereocenters. The molecule has 1 aliphatic rings. The molecule has 6 nitrogen and oxygen atoms in total. The van der Waals surface area contributed by atoms with Gasteiger partial charge in [0.15, 0.2) is 0 Å². The fourth-order valence-corrected chi connectivity index (χ4v) is 3.32. The van der Waals surface area contributed by atoms with Crippen LogP contribution >= 0.6 is 11.6 Å². The zero-order valence-corrected chi connectivity index (χ0v) is 16.8. The lowest BCUT2D eigenvalue weighted by Crippen LogP contribution is -2.15. The minimum atomic E-state index is -1.07. The molecule has 0 radical (unpaired) electrons. The van der Waals surface area contributed by atoms with Crippen LogP contribution in [0.15, 0.2) is 60.7 Å². The van der Waals surface area contributed by atoms with Crippen molar-refractivity contribution >= 4 is 28.5 Å². The molecule has 152 valence electrons. The molecule has 4 rings (SSSR count). The van der Waals surface area contributed by atoms with Crippen LogP contribution in [0.4, 0.5) is 4.79 Å². The van der Waals surface area contributed by atoms with Gasteiger partial charge in [-0.15, -0.1) is 0 Å². The maximum absolute atomic E-state index is 12.1. The van der Waals surface area contributed by atoms with E-state index in [1.54, 1.807) is 31.4 Å². The summed E-state index contributed by atoms with van der Waals surface area (Å²) in [6, 6.07) is 20.3. The van der Waals surface area contributed by atoms with Crippen LogP contribution in [0.5, 0.6) is 5.75 Å². The van der Waals surface area contributed by atoms with E-state index in [1.807, 2.05) is 42.5 Å². The fraction of sp³-hybridized carbons (Fsp3) is 0.217. The van der Waals surface area contributed by atoms with Gasteiger partial charge in [-0.25, -0.2) is 4.79 Å². The van der Waals surface area contributed by atoms with Crippen LogP contribution in [0.3, 0.4) is 0 Å². The van der Waals surface area contributed by atoms with Gasteiger partial charge in [0.1, 0.15) is 30.6 Å². The predicted octanol–water partition coefficient (Wildman–Crippen LogP) is 5.36. The Morgan fingerprint density at radius 1 is 1.13 bits per heavy atom. The van der Waals surface area contributed by atoms with Crippen LogP contribution in [0.25, 0.3) is 10.8 Å². The average Bonchev–Trinajstić information content (AvgIpc) is 3.55. The van der Waals surface area contributed by atoms with Crippen LogP contribution in [-0.2, 0) is 14.2 Å². The number of carbonyl (C=O) groups excluding carboxylic acids is 1. The van der Waals surface area contributed by atoms with E-state index in [0.29, 0.717) is 10.6 Å². The zero-order chi connectivity index (χ0) is 21.1. The normalized spacial score (nSPS) is 18.3. The molecule has 0 spiro atoms. The summed E-state index contributed by atoms with van der Waals surface area (Å²) in [6.07, 6.45) is -2.37. The maximum Gasteiger partial charge on any atom is 0.510 e. The Labute approximate surface area is 178 Å². The first-order valence-electron chi connectivity index (χ1n) is 9.29. The number of ether oxygens (including phenoxy) is 4. The molecule has 0 amide bonds. The van der Waals surface area contributed by atoms with Crippen molar-refractivity contribution in [1.82, 2.24) is 0 Å². The van der Waals surface area contributed by atoms with Gasteiger partial charge in [0.25, 0.3) is 0 Å². The van der Waals surface area contributed by atoms with E-state index in [0.717, 1.165) is 22.1 Å². The lowest BCUT2D eigenvalue weighted by Gasteiger charge is -2.12. The van der Waals surface area contributed by atoms with Crippen molar-refractivity contribution in [2.24, 2.45) is 0 Å². The summed E-state index contributed by atoms with van der Waals surface area (Å²) in [5, 5.41) is 12.0. The SMILES string of the molecule is COc1ccc2cc(C(C#N)OC(=O)OCC3OC3c3ccc(Cl)cc3)ccc2c1. The van der Waals surface area contributed by atoms with Crippen molar-refractivity contribution in [1.29, 1.82) is 5.26 Å². The number of nitriles is 1. The Balaban J connectivity index is 1.33. The number of benzene rings is 3. The predicted molar refractivity (Wildman–Crippen MR) is 110 cm³/mol. The van der Waals surface area contributed by atoms with Crippen molar-refractivity contribution in [3.8, 4) is 11.8 Å². The lowest BCUT2D eigenvalue weighted by molar-refractivity contribution is 0.0347. The van der Waals surface area contributed by atoms with E-state index in [-0.39, 0.29) is 18.8 Å². The molecule has 30 heavy (non-hydrogen) atoms. The third-order valence-electron chi connectivity index (χ3n) is 4.85. The molecule has 0 aliphatic carbocycles. The molecule has 0 N–H and O–H groups in total. The molecular formula is C23H18ClNO5. The van der Waals surface area contributed by atoms with Gasteiger partial charge in [-0.3, -0.25) is 0 Å². The quantitative estimate of drug-likeness (QED) is 0.392. The van der Waals surface area contributed by atoms with Gasteiger partial charge in [0.05, 0.1) is 7.11 Å². The molecule has 1 heterocycles. The van der Waals surface area contributed by atoms with Crippen molar-refractivity contribution < 1.29 is 23.7 Å². The van der Waals surface area contributed by atoms with Crippen molar-refractivity contribution in [3.63, 3.8) is 0 Å². The van der Waals surface area contributed by atoms with Crippen LogP contribution < -0.4 is 4.74 Å². The fourth-order valence-electron chi connectivity index (χ4n) is 3.20. The standard InChI is InChI=1S/C23H18ClNO5/c1-27-19-9-6-15-10-17(3-2-16(15)11-19)20(12-25)30-23(26)28-13-21-22(29-21)14-4-7-18(24)8-5-14/h2-11,20-22H,13H2,1H3. The minimum absolute atomic E-state index is 0.0434. The minimum Gasteiger partial charge on any atom is -0.497 e. The van der Waals surface area contributed by atoms with Crippen LogP contribution in [0.2, 0.25) is 5.02 Å². The van der Waals surface area contributed by atoms with E-state index in [4.69, 9.17) is 30.5 Å². The zero-order valence-electron chi connectivity index (χ0n) is 16.1. The number of nitrogens with zero attached hydrogens (tertiary/aromatic N) is 1. The molecule has 1 fully saturated rings. The highest BCUT2D eigenvalue weighted by atomic mass is 35.5. The number of halogens is 1. The molecule has 0 bridgehead atoms. The van der Waals surface area contributed by atoms with Gasteiger partial charge in [0.2, 0.25) is 6.10 Å². The maximum atomic E-state index is 12.1. The molecule has 1 aliphatic heterocycles. The summed E-state index contributed by atoms with van der Waals surface area (Å²) in [7, 11) is 1.60. The van der Waals surface area contributed by atoms with Gasteiger partial charge in [-0.05, 0) is 46.7 Å². The van der Waals surface area contributed by atoms with Gasteiger partial charge >= 0.3 is 6.16 Å². The lowest BCUT2D eigenvalue weighted by atomic mass is 10.0. The number of carbonyl (C=O) groups is 1. The number of methoxy groups -OCH3 is 1. The van der Waals surface area contributed by atoms with Crippen LogP contribution in [0.1, 0.15) is 23.3 Å². The first kappa shape index (κ1) is 20.0. The Morgan fingerprint density at radius 3 is 2.60 bits per heavy atom. The van der Waals surface area contributed by atoms with E-state index in [9.17, 15) is 10.1 Å². The smallest absolute Gasteiger partial charge is 0.497 e. The second-order valence-electron chi connectivity index (χ2n) is 6.81. The van der Waals surface area contributed by atoms with Gasteiger partial charge in [0, 0.05) is 10.6 Å². The molecule has 3 aromatic carbocycles. The third-order valence-corrected chi connectivity index (χ3v) is 5.10. The topological polar surface area (TPSA) is 81.1 Å². The summed E-state index contributed by atoms with van der Waals surface area (Å²) < 4.78 is 21.1. The van der Waals surface area contributed by atoms with Crippen molar-refractivity contribution in [3.05, 3.63) is 76.8 Å². The number of rotatable bonds is 6. The van der Waals surface area contributed by atoms with Crippen molar-refractivity contribution in [2.75, 3.05) is 13.7 Å². The molecule has 7 heteroatoms. The highest BCUT2D eigenvalue weighted by Gasteiger charge is 2.41. The molecule has 3 aromatic rings. The molecule has 1 saturated heterocycles. The van der Waals surface area contributed by atoms with E-state index >= 15 is 0 Å². The number of hydrogen-bond acceptors (Lipinski definition) is 6.